The summed E-state index contributed by atoms with van der Waals surface area (Å²) in [5.74, 6) is 1.52. The zero-order chi connectivity index (χ0) is 18.8. The molecular formula is C22H26N2O3. The lowest BCUT2D eigenvalue weighted by Crippen LogP contribution is -2.61. The first-order chi connectivity index (χ1) is 13.2. The first kappa shape index (κ1) is 17.9. The van der Waals surface area contributed by atoms with E-state index < -0.39 is 0 Å². The number of nitrogens with zero attached hydrogens (tertiary/aromatic N) is 2. The van der Waals surface area contributed by atoms with Gasteiger partial charge in [0.15, 0.2) is 11.5 Å². The molecule has 0 bridgehead atoms. The molecule has 0 unspecified atom stereocenters. The Morgan fingerprint density at radius 2 is 1.78 bits per heavy atom. The largest absolute Gasteiger partial charge is 0.493 e. The lowest BCUT2D eigenvalue weighted by molar-refractivity contribution is -0.138. The highest BCUT2D eigenvalue weighted by atomic mass is 16.5. The molecule has 0 radical (unpaired) electrons. The Morgan fingerprint density at radius 3 is 2.52 bits per heavy atom. The van der Waals surface area contributed by atoms with E-state index in [1.54, 1.807) is 14.2 Å². The van der Waals surface area contributed by atoms with Crippen LogP contribution in [0.3, 0.4) is 0 Å². The summed E-state index contributed by atoms with van der Waals surface area (Å²) >= 11 is 0. The Bertz CT molecular complexity index is 830. The van der Waals surface area contributed by atoms with Crippen LogP contribution < -0.4 is 9.47 Å². The number of hydrogen-bond donors (Lipinski definition) is 0. The summed E-state index contributed by atoms with van der Waals surface area (Å²) < 4.78 is 10.6. The predicted octanol–water partition coefficient (Wildman–Crippen LogP) is 2.52. The van der Waals surface area contributed by atoms with Crippen molar-refractivity contribution in [2.75, 3.05) is 33.9 Å². The van der Waals surface area contributed by atoms with E-state index >= 15 is 0 Å². The number of methoxy groups -OCH3 is 2. The molecule has 2 aliphatic heterocycles. The quantitative estimate of drug-likeness (QED) is 0.816. The third-order valence-electron chi connectivity index (χ3n) is 5.69. The highest BCUT2D eigenvalue weighted by Gasteiger charge is 2.35. The van der Waals surface area contributed by atoms with Gasteiger partial charge in [-0.25, -0.2) is 0 Å². The zero-order valence-electron chi connectivity index (χ0n) is 16.0. The summed E-state index contributed by atoms with van der Waals surface area (Å²) in [5, 5.41) is 0. The van der Waals surface area contributed by atoms with Crippen LogP contribution in [0.5, 0.6) is 11.5 Å². The highest BCUT2D eigenvalue weighted by Crippen LogP contribution is 2.29. The summed E-state index contributed by atoms with van der Waals surface area (Å²) in [5.41, 5.74) is 3.85. The SMILES string of the molecule is COc1ccc(CC(=O)N2CC(N3CCc4ccccc4C3)C2)cc1OC. The van der Waals surface area contributed by atoms with Gasteiger partial charge in [0.25, 0.3) is 0 Å². The second-order valence-corrected chi connectivity index (χ2v) is 7.31. The van der Waals surface area contributed by atoms with Gasteiger partial charge in [0.2, 0.25) is 5.91 Å². The molecule has 2 heterocycles. The highest BCUT2D eigenvalue weighted by molar-refractivity contribution is 5.80. The van der Waals surface area contributed by atoms with E-state index in [-0.39, 0.29) is 5.91 Å². The van der Waals surface area contributed by atoms with E-state index in [0.29, 0.717) is 24.0 Å². The normalized spacial score (nSPS) is 17.2. The minimum absolute atomic E-state index is 0.177. The Labute approximate surface area is 160 Å². The van der Waals surface area contributed by atoms with Crippen molar-refractivity contribution in [3.05, 3.63) is 59.2 Å². The van der Waals surface area contributed by atoms with Crippen LogP contribution in [0.25, 0.3) is 0 Å². The van der Waals surface area contributed by atoms with Crippen LogP contribution in [-0.2, 0) is 24.2 Å². The molecule has 142 valence electrons. The summed E-state index contributed by atoms with van der Waals surface area (Å²) in [7, 11) is 3.22. The number of amides is 1. The molecule has 1 amide bonds. The Kier molecular flexibility index (Phi) is 5.03. The minimum Gasteiger partial charge on any atom is -0.493 e. The van der Waals surface area contributed by atoms with Crippen LogP contribution in [0.1, 0.15) is 16.7 Å². The van der Waals surface area contributed by atoms with Gasteiger partial charge in [-0.15, -0.1) is 0 Å². The molecule has 0 atom stereocenters. The van der Waals surface area contributed by atoms with Gasteiger partial charge in [-0.05, 0) is 35.2 Å². The predicted molar refractivity (Wildman–Crippen MR) is 104 cm³/mol. The van der Waals surface area contributed by atoms with Crippen molar-refractivity contribution >= 4 is 5.91 Å². The number of fused-ring (bicyclic) bond motifs is 1. The third-order valence-corrected chi connectivity index (χ3v) is 5.69. The van der Waals surface area contributed by atoms with Crippen LogP contribution in [0.2, 0.25) is 0 Å². The standard InChI is InChI=1S/C22H26N2O3/c1-26-20-8-7-16(11-21(20)27-2)12-22(25)24-14-19(15-24)23-10-9-17-5-3-4-6-18(17)13-23/h3-8,11,19H,9-10,12-15H2,1-2H3. The number of likely N-dealkylation sites (tertiary alicyclic amines) is 1. The first-order valence-corrected chi connectivity index (χ1v) is 9.47. The lowest BCUT2D eigenvalue weighted by Gasteiger charge is -2.47. The Balaban J connectivity index is 1.31. The van der Waals surface area contributed by atoms with E-state index in [4.69, 9.17) is 9.47 Å². The van der Waals surface area contributed by atoms with Gasteiger partial charge >= 0.3 is 0 Å². The zero-order valence-corrected chi connectivity index (χ0v) is 16.0. The average molecular weight is 366 g/mol. The van der Waals surface area contributed by atoms with Crippen molar-refractivity contribution in [3.8, 4) is 11.5 Å². The van der Waals surface area contributed by atoms with Crippen LogP contribution in [-0.4, -0.2) is 55.6 Å². The summed E-state index contributed by atoms with van der Waals surface area (Å²) in [6, 6.07) is 14.8. The van der Waals surface area contributed by atoms with Gasteiger partial charge in [-0.3, -0.25) is 9.69 Å². The van der Waals surface area contributed by atoms with Crippen molar-refractivity contribution in [1.82, 2.24) is 9.80 Å². The fourth-order valence-corrected chi connectivity index (χ4v) is 4.00. The second kappa shape index (κ2) is 7.61. The molecule has 0 saturated carbocycles. The number of hydrogen-bond acceptors (Lipinski definition) is 4. The number of rotatable bonds is 5. The van der Waals surface area contributed by atoms with Gasteiger partial charge in [-0.2, -0.15) is 0 Å². The number of carbonyl (C=O) groups excluding carboxylic acids is 1. The molecule has 2 aliphatic rings. The summed E-state index contributed by atoms with van der Waals surface area (Å²) in [4.78, 5) is 17.1. The third kappa shape index (κ3) is 3.65. The topological polar surface area (TPSA) is 42.0 Å². The molecule has 1 saturated heterocycles. The molecular weight excluding hydrogens is 340 g/mol. The summed E-state index contributed by atoms with van der Waals surface area (Å²) in [6.45, 7) is 3.74. The van der Waals surface area contributed by atoms with Crippen LogP contribution >= 0.6 is 0 Å². The van der Waals surface area contributed by atoms with Gasteiger partial charge < -0.3 is 14.4 Å². The fraction of sp³-hybridized carbons (Fsp3) is 0.409. The molecule has 0 aliphatic carbocycles. The maximum atomic E-state index is 12.6. The van der Waals surface area contributed by atoms with E-state index in [9.17, 15) is 4.79 Å². The van der Waals surface area contributed by atoms with Crippen molar-refractivity contribution in [1.29, 1.82) is 0 Å². The van der Waals surface area contributed by atoms with Gasteiger partial charge in [0.1, 0.15) is 0 Å². The minimum atomic E-state index is 0.177. The molecule has 5 nitrogen and oxygen atoms in total. The van der Waals surface area contributed by atoms with Gasteiger partial charge in [0, 0.05) is 32.2 Å². The van der Waals surface area contributed by atoms with Gasteiger partial charge in [-0.1, -0.05) is 30.3 Å². The van der Waals surface area contributed by atoms with Crippen LogP contribution in [0.15, 0.2) is 42.5 Å². The maximum absolute atomic E-state index is 12.6. The van der Waals surface area contributed by atoms with Crippen molar-refractivity contribution < 1.29 is 14.3 Å². The smallest absolute Gasteiger partial charge is 0.227 e. The van der Waals surface area contributed by atoms with E-state index in [1.165, 1.54) is 11.1 Å². The van der Waals surface area contributed by atoms with Crippen LogP contribution in [0, 0.1) is 0 Å². The van der Waals surface area contributed by atoms with Crippen molar-refractivity contribution in [3.63, 3.8) is 0 Å². The number of benzene rings is 2. The van der Waals surface area contributed by atoms with Crippen molar-refractivity contribution in [2.45, 2.75) is 25.4 Å². The lowest BCUT2D eigenvalue weighted by atomic mass is 9.96. The Hall–Kier alpha value is -2.53. The van der Waals surface area contributed by atoms with E-state index in [0.717, 1.165) is 38.2 Å². The molecule has 2 aromatic carbocycles. The molecule has 5 heteroatoms. The molecule has 1 fully saturated rings. The molecule has 0 spiro atoms. The molecule has 2 aromatic rings. The molecule has 0 aromatic heterocycles. The Morgan fingerprint density at radius 1 is 1.04 bits per heavy atom. The summed E-state index contributed by atoms with van der Waals surface area (Å²) in [6.07, 6.45) is 1.50. The molecule has 27 heavy (non-hydrogen) atoms. The first-order valence-electron chi connectivity index (χ1n) is 9.47. The number of ether oxygens (including phenoxy) is 2. The second-order valence-electron chi connectivity index (χ2n) is 7.31. The fourth-order valence-electron chi connectivity index (χ4n) is 4.00. The molecule has 4 rings (SSSR count). The monoisotopic (exact) mass is 366 g/mol. The van der Waals surface area contributed by atoms with E-state index in [1.807, 2.05) is 23.1 Å². The maximum Gasteiger partial charge on any atom is 0.227 e. The van der Waals surface area contributed by atoms with Gasteiger partial charge in [0.05, 0.1) is 20.6 Å². The average Bonchev–Trinajstić information content (AvgIpc) is 2.66. The molecule has 0 N–H and O–H groups in total. The number of carbonyl (C=O) groups is 1. The van der Waals surface area contributed by atoms with Crippen LogP contribution in [0.4, 0.5) is 0 Å². The van der Waals surface area contributed by atoms with E-state index in [2.05, 4.69) is 29.2 Å². The van der Waals surface area contributed by atoms with Crippen molar-refractivity contribution in [2.24, 2.45) is 0 Å².